The minimum absolute atomic E-state index is 0.0183. The smallest absolute Gasteiger partial charge is 0.348 e. The summed E-state index contributed by atoms with van der Waals surface area (Å²) in [5.74, 6) is -0.630. The van der Waals surface area contributed by atoms with E-state index in [0.29, 0.717) is 6.61 Å². The highest BCUT2D eigenvalue weighted by atomic mass is 127. The zero-order valence-corrected chi connectivity index (χ0v) is 12.0. The van der Waals surface area contributed by atoms with Crippen LogP contribution in [-0.4, -0.2) is 26.3 Å². The van der Waals surface area contributed by atoms with Crippen LogP contribution in [0.4, 0.5) is 0 Å². The van der Waals surface area contributed by atoms with Crippen molar-refractivity contribution in [1.82, 2.24) is 0 Å². The van der Waals surface area contributed by atoms with Crippen LogP contribution >= 0.6 is 22.6 Å². The van der Waals surface area contributed by atoms with Gasteiger partial charge < -0.3 is 9.47 Å². The van der Waals surface area contributed by atoms with Crippen molar-refractivity contribution in [2.45, 2.75) is 0 Å². The van der Waals surface area contributed by atoms with Gasteiger partial charge >= 0.3 is 5.97 Å². The summed E-state index contributed by atoms with van der Waals surface area (Å²) in [5, 5.41) is 8.95. The van der Waals surface area contributed by atoms with Gasteiger partial charge in [0.1, 0.15) is 18.2 Å². The maximum Gasteiger partial charge on any atom is 0.348 e. The number of carbonyl (C=O) groups is 1. The van der Waals surface area contributed by atoms with Crippen molar-refractivity contribution in [2.75, 3.05) is 20.3 Å². The van der Waals surface area contributed by atoms with Crippen LogP contribution in [0.15, 0.2) is 29.8 Å². The van der Waals surface area contributed by atoms with Crippen LogP contribution in [0.3, 0.4) is 0 Å². The summed E-state index contributed by atoms with van der Waals surface area (Å²) >= 11 is 2.14. The van der Waals surface area contributed by atoms with Gasteiger partial charge in [0, 0.05) is 10.7 Å². The van der Waals surface area contributed by atoms with Crippen LogP contribution in [0, 0.1) is 14.9 Å². The monoisotopic (exact) mass is 357 g/mol. The highest BCUT2D eigenvalue weighted by Gasteiger charge is 2.11. The van der Waals surface area contributed by atoms with Gasteiger partial charge in [-0.25, -0.2) is 4.79 Å². The number of nitrogens with zero attached hydrogens (tertiary/aromatic N) is 1. The lowest BCUT2D eigenvalue weighted by Gasteiger charge is -2.03. The Labute approximate surface area is 119 Å². The minimum atomic E-state index is -0.630. The number of ether oxygens (including phenoxy) is 2. The molecule has 94 valence electrons. The number of esters is 1. The van der Waals surface area contributed by atoms with Crippen LogP contribution in [0.2, 0.25) is 0 Å². The van der Waals surface area contributed by atoms with Crippen LogP contribution in [0.5, 0.6) is 0 Å². The largest absolute Gasteiger partial charge is 0.459 e. The Morgan fingerprint density at radius 2 is 2.17 bits per heavy atom. The van der Waals surface area contributed by atoms with Crippen molar-refractivity contribution >= 4 is 34.6 Å². The Balaban J connectivity index is 2.81. The second-order valence-electron chi connectivity index (χ2n) is 3.32. The molecule has 4 nitrogen and oxygen atoms in total. The Morgan fingerprint density at radius 1 is 1.44 bits per heavy atom. The van der Waals surface area contributed by atoms with Gasteiger partial charge in [0.15, 0.2) is 0 Å². The predicted molar refractivity (Wildman–Crippen MR) is 75.6 cm³/mol. The standard InChI is InChI=1S/C13H12INO3/c1-17-6-7-18-13(16)11(9-15)8-10-4-2-3-5-12(10)14/h2-5,8H,6-7H2,1H3/b11-8+. The molecule has 0 N–H and O–H groups in total. The highest BCUT2D eigenvalue weighted by molar-refractivity contribution is 14.1. The summed E-state index contributed by atoms with van der Waals surface area (Å²) in [7, 11) is 1.52. The average molecular weight is 357 g/mol. The van der Waals surface area contributed by atoms with Crippen molar-refractivity contribution in [3.05, 3.63) is 39.0 Å². The molecule has 0 atom stereocenters. The number of carbonyl (C=O) groups excluding carboxylic acids is 1. The second-order valence-corrected chi connectivity index (χ2v) is 4.48. The lowest BCUT2D eigenvalue weighted by atomic mass is 10.1. The second kappa shape index (κ2) is 7.84. The first-order chi connectivity index (χ1) is 8.69. The van der Waals surface area contributed by atoms with Crippen LogP contribution in [0.25, 0.3) is 6.08 Å². The molecule has 0 fully saturated rings. The summed E-state index contributed by atoms with van der Waals surface area (Å²) in [6.07, 6.45) is 1.52. The summed E-state index contributed by atoms with van der Waals surface area (Å²) in [6.45, 7) is 0.452. The third-order valence-corrected chi connectivity index (χ3v) is 3.05. The topological polar surface area (TPSA) is 59.3 Å². The van der Waals surface area contributed by atoms with E-state index in [2.05, 4.69) is 22.6 Å². The molecule has 0 aliphatic carbocycles. The summed E-state index contributed by atoms with van der Waals surface area (Å²) < 4.78 is 10.6. The van der Waals surface area contributed by atoms with Crippen LogP contribution < -0.4 is 0 Å². The molecule has 0 saturated heterocycles. The van der Waals surface area contributed by atoms with E-state index in [9.17, 15) is 4.79 Å². The first kappa shape index (κ1) is 14.7. The van der Waals surface area contributed by atoms with Gasteiger partial charge in [-0.1, -0.05) is 18.2 Å². The lowest BCUT2D eigenvalue weighted by Crippen LogP contribution is -2.11. The number of hydrogen-bond donors (Lipinski definition) is 0. The van der Waals surface area contributed by atoms with Gasteiger partial charge in [0.25, 0.3) is 0 Å². The normalized spacial score (nSPS) is 10.8. The van der Waals surface area contributed by atoms with Gasteiger partial charge in [0.2, 0.25) is 0 Å². The van der Waals surface area contributed by atoms with Gasteiger partial charge in [-0.05, 0) is 40.3 Å². The van der Waals surface area contributed by atoms with E-state index < -0.39 is 5.97 Å². The molecule has 0 aliphatic rings. The Kier molecular flexibility index (Phi) is 6.39. The number of nitriles is 1. The Bertz CT molecular complexity index is 491. The van der Waals surface area contributed by atoms with E-state index >= 15 is 0 Å². The van der Waals surface area contributed by atoms with E-state index in [1.54, 1.807) is 0 Å². The fraction of sp³-hybridized carbons (Fsp3) is 0.231. The van der Waals surface area contributed by atoms with E-state index in [1.165, 1.54) is 13.2 Å². The fourth-order valence-corrected chi connectivity index (χ4v) is 1.72. The molecule has 1 aromatic carbocycles. The average Bonchev–Trinajstić information content (AvgIpc) is 2.38. The fourth-order valence-electron chi connectivity index (χ4n) is 1.18. The number of hydrogen-bond acceptors (Lipinski definition) is 4. The zero-order valence-electron chi connectivity index (χ0n) is 9.85. The molecule has 18 heavy (non-hydrogen) atoms. The molecule has 0 bridgehead atoms. The molecule has 0 radical (unpaired) electrons. The summed E-state index contributed by atoms with van der Waals surface area (Å²) in [6, 6.07) is 9.32. The minimum Gasteiger partial charge on any atom is -0.459 e. The molecule has 5 heteroatoms. The molecule has 0 aliphatic heterocycles. The number of halogens is 1. The predicted octanol–water partition coefficient (Wildman–Crippen LogP) is 2.39. The maximum absolute atomic E-state index is 11.6. The van der Waals surface area contributed by atoms with Crippen molar-refractivity contribution in [3.8, 4) is 6.07 Å². The SMILES string of the molecule is COCCOC(=O)/C(C#N)=C/c1ccccc1I. The van der Waals surface area contributed by atoms with Crippen LogP contribution in [-0.2, 0) is 14.3 Å². The molecule has 0 amide bonds. The van der Waals surface area contributed by atoms with Crippen molar-refractivity contribution < 1.29 is 14.3 Å². The molecular weight excluding hydrogens is 345 g/mol. The molecule has 1 rings (SSSR count). The summed E-state index contributed by atoms with van der Waals surface area (Å²) in [4.78, 5) is 11.6. The molecule has 1 aromatic rings. The number of rotatable bonds is 5. The highest BCUT2D eigenvalue weighted by Crippen LogP contribution is 2.15. The Hall–Kier alpha value is -1.39. The molecule has 0 heterocycles. The van der Waals surface area contributed by atoms with Gasteiger partial charge in [0.05, 0.1) is 6.61 Å². The first-order valence-electron chi connectivity index (χ1n) is 5.21. The third kappa shape index (κ3) is 4.47. The van der Waals surface area contributed by atoms with Crippen molar-refractivity contribution in [2.24, 2.45) is 0 Å². The van der Waals surface area contributed by atoms with E-state index in [4.69, 9.17) is 14.7 Å². The van der Waals surface area contributed by atoms with Gasteiger partial charge in [-0.3, -0.25) is 0 Å². The van der Waals surface area contributed by atoms with Crippen LogP contribution in [0.1, 0.15) is 5.56 Å². The first-order valence-corrected chi connectivity index (χ1v) is 6.29. The van der Waals surface area contributed by atoms with E-state index in [-0.39, 0.29) is 12.2 Å². The molecular formula is C13H12INO3. The van der Waals surface area contributed by atoms with Gasteiger partial charge in [-0.2, -0.15) is 5.26 Å². The number of methoxy groups -OCH3 is 1. The zero-order chi connectivity index (χ0) is 13.4. The van der Waals surface area contributed by atoms with E-state index in [1.807, 2.05) is 30.3 Å². The maximum atomic E-state index is 11.6. The quantitative estimate of drug-likeness (QED) is 0.267. The molecule has 0 unspecified atom stereocenters. The lowest BCUT2D eigenvalue weighted by molar-refractivity contribution is -0.139. The van der Waals surface area contributed by atoms with Crippen molar-refractivity contribution in [1.29, 1.82) is 5.26 Å². The van der Waals surface area contributed by atoms with Crippen molar-refractivity contribution in [3.63, 3.8) is 0 Å². The number of benzene rings is 1. The molecule has 0 saturated carbocycles. The molecule has 0 spiro atoms. The Morgan fingerprint density at radius 3 is 2.78 bits per heavy atom. The van der Waals surface area contributed by atoms with E-state index in [0.717, 1.165) is 9.13 Å². The van der Waals surface area contributed by atoms with Gasteiger partial charge in [-0.15, -0.1) is 0 Å². The summed E-state index contributed by atoms with van der Waals surface area (Å²) in [5.41, 5.74) is 0.800. The third-order valence-electron chi connectivity index (χ3n) is 2.07. The molecule has 0 aromatic heterocycles.